The summed E-state index contributed by atoms with van der Waals surface area (Å²) in [6, 6.07) is 0. The first-order valence-electron chi connectivity index (χ1n) is 5.41. The maximum absolute atomic E-state index is 11.7. The van der Waals surface area contributed by atoms with Crippen LogP contribution in [0.2, 0.25) is 0 Å². The molecule has 0 aromatic heterocycles. The second kappa shape index (κ2) is 3.55. The number of hydrogen-bond donors (Lipinski definition) is 0. The van der Waals surface area contributed by atoms with Crippen LogP contribution in [0.25, 0.3) is 0 Å². The predicted octanol–water partition coefficient (Wildman–Crippen LogP) is 0.653. The van der Waals surface area contributed by atoms with Gasteiger partial charge in [-0.2, -0.15) is 0 Å². The van der Waals surface area contributed by atoms with Crippen LogP contribution in [0.5, 0.6) is 0 Å². The van der Waals surface area contributed by atoms with Gasteiger partial charge in [-0.3, -0.25) is 4.79 Å². The van der Waals surface area contributed by atoms with Crippen LogP contribution in [0, 0.1) is 17.8 Å². The molecule has 0 aliphatic carbocycles. The van der Waals surface area contributed by atoms with E-state index in [9.17, 15) is 4.79 Å². The molecule has 6 atom stereocenters. The average molecular weight is 226 g/mol. The van der Waals surface area contributed by atoms with E-state index in [0.29, 0.717) is 6.42 Å². The van der Waals surface area contributed by atoms with Crippen molar-refractivity contribution in [1.82, 2.24) is 0 Å². The zero-order valence-corrected chi connectivity index (χ0v) is 9.00. The minimum atomic E-state index is -0.522. The van der Waals surface area contributed by atoms with Crippen molar-refractivity contribution in [2.45, 2.75) is 25.3 Å². The van der Waals surface area contributed by atoms with Crippen LogP contribution in [-0.4, -0.2) is 31.9 Å². The highest BCUT2D eigenvalue weighted by Gasteiger charge is 2.58. The third kappa shape index (κ3) is 1.25. The molecule has 5 nitrogen and oxygen atoms in total. The van der Waals surface area contributed by atoms with Gasteiger partial charge in [0.15, 0.2) is 18.9 Å². The molecule has 0 N–H and O–H groups in total. The van der Waals surface area contributed by atoms with Crippen molar-refractivity contribution in [2.75, 3.05) is 7.11 Å². The third-order valence-corrected chi connectivity index (χ3v) is 3.61. The Labute approximate surface area is 93.3 Å². The summed E-state index contributed by atoms with van der Waals surface area (Å²) in [5.41, 5.74) is 0. The van der Waals surface area contributed by atoms with E-state index in [4.69, 9.17) is 18.9 Å². The number of esters is 1. The first-order chi connectivity index (χ1) is 7.74. The standard InChI is InChI=1S/C11H14O5/c1-3-5-6-4-7-14-10(5)16-11(15-7)8(6)9(12)13-2/h3,5-8,10-11H,1,4H2,2H3/t5-,6+,7-,8+,10+,11-/m1/s1. The molecular formula is C11H14O5. The molecule has 4 aliphatic rings. The zero-order valence-electron chi connectivity index (χ0n) is 9.00. The van der Waals surface area contributed by atoms with Crippen LogP contribution in [-0.2, 0) is 23.7 Å². The summed E-state index contributed by atoms with van der Waals surface area (Å²) in [6.45, 7) is 3.77. The Morgan fingerprint density at radius 3 is 2.81 bits per heavy atom. The largest absolute Gasteiger partial charge is 0.469 e. The van der Waals surface area contributed by atoms with E-state index in [0.717, 1.165) is 0 Å². The highest BCUT2D eigenvalue weighted by Crippen LogP contribution is 2.49. The maximum atomic E-state index is 11.7. The van der Waals surface area contributed by atoms with Gasteiger partial charge in [-0.15, -0.1) is 6.58 Å². The van der Waals surface area contributed by atoms with Crippen LogP contribution in [0.4, 0.5) is 0 Å². The average Bonchev–Trinajstić information content (AvgIpc) is 2.28. The highest BCUT2D eigenvalue weighted by atomic mass is 16.9. The molecule has 0 radical (unpaired) electrons. The summed E-state index contributed by atoms with van der Waals surface area (Å²) in [5.74, 6) is -0.438. The minimum absolute atomic E-state index is 0.0421. The van der Waals surface area contributed by atoms with Gasteiger partial charge in [-0.1, -0.05) is 6.08 Å². The SMILES string of the molecule is C=C[C@H]1[C@H]2O[C@H]3C[C@@H]1[C@@H](C(=O)OC)[C@H](O3)O2. The molecule has 16 heavy (non-hydrogen) atoms. The molecule has 4 rings (SSSR count). The van der Waals surface area contributed by atoms with Crippen molar-refractivity contribution in [3.63, 3.8) is 0 Å². The van der Waals surface area contributed by atoms with E-state index >= 15 is 0 Å². The summed E-state index contributed by atoms with van der Waals surface area (Å²) in [7, 11) is 1.38. The Bertz CT molecular complexity index is 328. The molecule has 0 aromatic carbocycles. The highest BCUT2D eigenvalue weighted by molar-refractivity contribution is 5.73. The minimum Gasteiger partial charge on any atom is -0.469 e. The number of ether oxygens (including phenoxy) is 4. The predicted molar refractivity (Wildman–Crippen MR) is 51.9 cm³/mol. The lowest BCUT2D eigenvalue weighted by atomic mass is 9.73. The lowest BCUT2D eigenvalue weighted by Crippen LogP contribution is -2.63. The Balaban J connectivity index is 1.91. The van der Waals surface area contributed by atoms with Gasteiger partial charge in [-0.25, -0.2) is 0 Å². The number of carbonyl (C=O) groups excluding carboxylic acids is 1. The molecular weight excluding hydrogens is 212 g/mol. The molecule has 88 valence electrons. The fraction of sp³-hybridized carbons (Fsp3) is 0.727. The Morgan fingerprint density at radius 2 is 2.12 bits per heavy atom. The molecule has 5 heteroatoms. The Kier molecular flexibility index (Phi) is 2.27. The van der Waals surface area contributed by atoms with Gasteiger partial charge in [0, 0.05) is 12.3 Å². The zero-order chi connectivity index (χ0) is 11.3. The third-order valence-electron chi connectivity index (χ3n) is 3.61. The van der Waals surface area contributed by atoms with Gasteiger partial charge >= 0.3 is 5.97 Å². The van der Waals surface area contributed by atoms with Crippen molar-refractivity contribution in [2.24, 2.45) is 17.8 Å². The van der Waals surface area contributed by atoms with Crippen molar-refractivity contribution in [3.8, 4) is 0 Å². The van der Waals surface area contributed by atoms with Crippen molar-refractivity contribution in [1.29, 1.82) is 0 Å². The molecule has 0 amide bonds. The molecule has 0 spiro atoms. The Morgan fingerprint density at radius 1 is 1.38 bits per heavy atom. The van der Waals surface area contributed by atoms with E-state index in [2.05, 4.69) is 6.58 Å². The first-order valence-corrected chi connectivity index (χ1v) is 5.41. The number of methoxy groups -OCH3 is 1. The summed E-state index contributed by atoms with van der Waals surface area (Å²) in [4.78, 5) is 11.7. The fourth-order valence-corrected chi connectivity index (χ4v) is 2.87. The monoisotopic (exact) mass is 226 g/mol. The molecule has 4 saturated heterocycles. The van der Waals surface area contributed by atoms with E-state index in [1.54, 1.807) is 6.08 Å². The smallest absolute Gasteiger partial charge is 0.314 e. The lowest BCUT2D eigenvalue weighted by molar-refractivity contribution is -0.455. The van der Waals surface area contributed by atoms with Gasteiger partial charge in [0.25, 0.3) is 0 Å². The summed E-state index contributed by atoms with van der Waals surface area (Å²) < 4.78 is 21.3. The van der Waals surface area contributed by atoms with Crippen LogP contribution in [0.3, 0.4) is 0 Å². The first kappa shape index (κ1) is 10.3. The quantitative estimate of drug-likeness (QED) is 0.511. The summed E-state index contributed by atoms with van der Waals surface area (Å²) in [6.07, 6.45) is 1.41. The maximum Gasteiger partial charge on any atom is 0.314 e. The second-order valence-corrected chi connectivity index (χ2v) is 4.34. The molecule has 4 bridgehead atoms. The number of hydrogen-bond acceptors (Lipinski definition) is 5. The fourth-order valence-electron chi connectivity index (χ4n) is 2.87. The molecule has 4 heterocycles. The molecule has 0 unspecified atom stereocenters. The van der Waals surface area contributed by atoms with Crippen LogP contribution < -0.4 is 0 Å². The van der Waals surface area contributed by atoms with Crippen molar-refractivity contribution >= 4 is 5.97 Å². The topological polar surface area (TPSA) is 54.0 Å². The van der Waals surface area contributed by atoms with Gasteiger partial charge in [0.1, 0.15) is 5.92 Å². The van der Waals surface area contributed by atoms with Gasteiger partial charge in [-0.05, 0) is 5.92 Å². The van der Waals surface area contributed by atoms with E-state index in [-0.39, 0.29) is 36.3 Å². The lowest BCUT2D eigenvalue weighted by Gasteiger charge is -2.55. The molecule has 4 fully saturated rings. The van der Waals surface area contributed by atoms with Gasteiger partial charge < -0.3 is 18.9 Å². The van der Waals surface area contributed by atoms with E-state index in [1.165, 1.54) is 7.11 Å². The molecule has 0 saturated carbocycles. The number of rotatable bonds is 2. The van der Waals surface area contributed by atoms with Gasteiger partial charge in [0.05, 0.1) is 7.11 Å². The number of carbonyl (C=O) groups is 1. The summed E-state index contributed by atoms with van der Waals surface area (Å²) >= 11 is 0. The van der Waals surface area contributed by atoms with Crippen molar-refractivity contribution < 1.29 is 23.7 Å². The van der Waals surface area contributed by atoms with Crippen LogP contribution in [0.15, 0.2) is 12.7 Å². The normalized spacial score (nSPS) is 49.1. The van der Waals surface area contributed by atoms with Gasteiger partial charge in [0.2, 0.25) is 0 Å². The van der Waals surface area contributed by atoms with Crippen LogP contribution >= 0.6 is 0 Å². The van der Waals surface area contributed by atoms with Crippen LogP contribution in [0.1, 0.15) is 6.42 Å². The second-order valence-electron chi connectivity index (χ2n) is 4.34. The van der Waals surface area contributed by atoms with E-state index in [1.807, 2.05) is 0 Å². The molecule has 0 aromatic rings. The molecule has 4 aliphatic heterocycles. The summed E-state index contributed by atoms with van der Waals surface area (Å²) in [5, 5.41) is 0. The van der Waals surface area contributed by atoms with E-state index < -0.39 is 6.29 Å². The van der Waals surface area contributed by atoms with Crippen molar-refractivity contribution in [3.05, 3.63) is 12.7 Å². The Hall–Kier alpha value is -0.910.